The van der Waals surface area contributed by atoms with Crippen molar-refractivity contribution in [2.45, 2.75) is 18.9 Å². The Bertz CT molecular complexity index is 594. The number of hydrogen-bond donors (Lipinski definition) is 1. The van der Waals surface area contributed by atoms with Crippen molar-refractivity contribution in [1.82, 2.24) is 4.90 Å². The number of fused-ring (bicyclic) bond motifs is 1. The molecule has 1 aromatic heterocycles. The maximum atomic E-state index is 11.6. The van der Waals surface area contributed by atoms with Crippen LogP contribution in [-0.2, 0) is 17.6 Å². The Morgan fingerprint density at radius 3 is 2.85 bits per heavy atom. The molecule has 0 aliphatic carbocycles. The fraction of sp³-hybridized carbons (Fsp3) is 0.312. The minimum atomic E-state index is -0.739. The van der Waals surface area contributed by atoms with Crippen LogP contribution in [0.4, 0.5) is 0 Å². The molecule has 1 aromatic carbocycles. The number of carboxylic acids is 1. The Kier molecular flexibility index (Phi) is 3.85. The normalized spacial score (nSPS) is 18.7. The van der Waals surface area contributed by atoms with Crippen molar-refractivity contribution in [2.75, 3.05) is 13.1 Å². The van der Waals surface area contributed by atoms with Gasteiger partial charge in [0.05, 0.1) is 0 Å². The summed E-state index contributed by atoms with van der Waals surface area (Å²) in [4.78, 5) is 14.9. The topological polar surface area (TPSA) is 40.5 Å². The molecule has 0 spiro atoms. The lowest BCUT2D eigenvalue weighted by Crippen LogP contribution is -2.40. The summed E-state index contributed by atoms with van der Waals surface area (Å²) in [5, 5.41) is 11.5. The van der Waals surface area contributed by atoms with Crippen LogP contribution in [0.25, 0.3) is 0 Å². The van der Waals surface area contributed by atoms with Crippen LogP contribution in [0.3, 0.4) is 0 Å². The van der Waals surface area contributed by atoms with Gasteiger partial charge >= 0.3 is 5.97 Å². The number of thiophene rings is 1. The molecule has 4 heteroatoms. The first kappa shape index (κ1) is 13.3. The van der Waals surface area contributed by atoms with E-state index in [1.54, 1.807) is 11.3 Å². The Labute approximate surface area is 122 Å². The maximum absolute atomic E-state index is 11.6. The standard InChI is InChI=1S/C16H17NO2S/c18-16(19)15-13-8-11-20-14(13)7-10-17(15)9-6-12-4-2-1-3-5-12/h1-5,8,11,15H,6-7,9-10H2,(H,18,19). The first-order valence-corrected chi connectivity index (χ1v) is 7.71. The highest BCUT2D eigenvalue weighted by Gasteiger charge is 2.33. The molecule has 1 N–H and O–H groups in total. The van der Waals surface area contributed by atoms with Gasteiger partial charge in [-0.15, -0.1) is 11.3 Å². The van der Waals surface area contributed by atoms with Crippen LogP contribution in [0.5, 0.6) is 0 Å². The van der Waals surface area contributed by atoms with Crippen LogP contribution >= 0.6 is 11.3 Å². The van der Waals surface area contributed by atoms with Gasteiger partial charge in [0.15, 0.2) is 0 Å². The summed E-state index contributed by atoms with van der Waals surface area (Å²) in [5.41, 5.74) is 2.24. The molecule has 0 saturated carbocycles. The minimum absolute atomic E-state index is 0.478. The van der Waals surface area contributed by atoms with Gasteiger partial charge in [0.2, 0.25) is 0 Å². The van der Waals surface area contributed by atoms with E-state index in [4.69, 9.17) is 0 Å². The van der Waals surface area contributed by atoms with Gasteiger partial charge < -0.3 is 5.11 Å². The van der Waals surface area contributed by atoms with E-state index >= 15 is 0 Å². The van der Waals surface area contributed by atoms with Gasteiger partial charge in [-0.05, 0) is 35.4 Å². The van der Waals surface area contributed by atoms with E-state index in [9.17, 15) is 9.90 Å². The van der Waals surface area contributed by atoms with Crippen molar-refractivity contribution in [3.8, 4) is 0 Å². The Morgan fingerprint density at radius 1 is 1.30 bits per heavy atom. The largest absolute Gasteiger partial charge is 0.480 e. The molecule has 0 fully saturated rings. The van der Waals surface area contributed by atoms with E-state index < -0.39 is 12.0 Å². The van der Waals surface area contributed by atoms with Crippen LogP contribution < -0.4 is 0 Å². The van der Waals surface area contributed by atoms with E-state index in [0.29, 0.717) is 0 Å². The fourth-order valence-corrected chi connectivity index (χ4v) is 3.72. The number of hydrogen-bond acceptors (Lipinski definition) is 3. The first-order valence-electron chi connectivity index (χ1n) is 6.83. The number of rotatable bonds is 4. The molecular weight excluding hydrogens is 270 g/mol. The van der Waals surface area contributed by atoms with E-state index in [0.717, 1.165) is 31.5 Å². The third kappa shape index (κ3) is 2.62. The van der Waals surface area contributed by atoms with Crippen molar-refractivity contribution >= 4 is 17.3 Å². The summed E-state index contributed by atoms with van der Waals surface area (Å²) in [5.74, 6) is -0.739. The molecule has 0 radical (unpaired) electrons. The lowest BCUT2D eigenvalue weighted by atomic mass is 9.99. The molecule has 1 aliphatic rings. The highest BCUT2D eigenvalue weighted by atomic mass is 32.1. The lowest BCUT2D eigenvalue weighted by Gasteiger charge is -2.33. The summed E-state index contributed by atoms with van der Waals surface area (Å²) in [6.07, 6.45) is 1.86. The van der Waals surface area contributed by atoms with Gasteiger partial charge in [0.1, 0.15) is 6.04 Å². The first-order chi connectivity index (χ1) is 9.75. The molecular formula is C16H17NO2S. The summed E-state index contributed by atoms with van der Waals surface area (Å²) in [6, 6.07) is 11.7. The molecule has 1 aliphatic heterocycles. The van der Waals surface area contributed by atoms with Crippen LogP contribution in [0.15, 0.2) is 41.8 Å². The molecule has 20 heavy (non-hydrogen) atoms. The molecule has 0 bridgehead atoms. The van der Waals surface area contributed by atoms with Crippen molar-refractivity contribution in [3.05, 3.63) is 57.8 Å². The van der Waals surface area contributed by atoms with Gasteiger partial charge in [-0.25, -0.2) is 0 Å². The molecule has 3 rings (SSSR count). The van der Waals surface area contributed by atoms with Crippen molar-refractivity contribution in [2.24, 2.45) is 0 Å². The second kappa shape index (κ2) is 5.77. The van der Waals surface area contributed by atoms with Gasteiger partial charge in [-0.2, -0.15) is 0 Å². The van der Waals surface area contributed by atoms with Crippen molar-refractivity contribution in [3.63, 3.8) is 0 Å². The zero-order chi connectivity index (χ0) is 13.9. The third-order valence-electron chi connectivity index (χ3n) is 3.83. The minimum Gasteiger partial charge on any atom is -0.480 e. The second-order valence-electron chi connectivity index (χ2n) is 5.06. The third-order valence-corrected chi connectivity index (χ3v) is 4.83. The maximum Gasteiger partial charge on any atom is 0.325 e. The lowest BCUT2D eigenvalue weighted by molar-refractivity contribution is -0.144. The predicted octanol–water partition coefficient (Wildman–Crippen LogP) is 2.97. The predicted molar refractivity (Wildman–Crippen MR) is 80.1 cm³/mol. The van der Waals surface area contributed by atoms with Gasteiger partial charge in [0.25, 0.3) is 0 Å². The number of carbonyl (C=O) groups is 1. The number of aliphatic carboxylic acids is 1. The molecule has 104 valence electrons. The second-order valence-corrected chi connectivity index (χ2v) is 6.06. The van der Waals surface area contributed by atoms with Crippen molar-refractivity contribution < 1.29 is 9.90 Å². The van der Waals surface area contributed by atoms with Crippen LogP contribution in [0, 0.1) is 0 Å². The van der Waals surface area contributed by atoms with E-state index in [-0.39, 0.29) is 0 Å². The fourth-order valence-electron chi connectivity index (χ4n) is 2.82. The molecule has 0 amide bonds. The summed E-state index contributed by atoms with van der Waals surface area (Å²) in [6.45, 7) is 1.62. The van der Waals surface area contributed by atoms with E-state index in [1.165, 1.54) is 10.4 Å². The van der Waals surface area contributed by atoms with E-state index in [1.807, 2.05) is 29.6 Å². The molecule has 1 unspecified atom stereocenters. The zero-order valence-electron chi connectivity index (χ0n) is 11.2. The smallest absolute Gasteiger partial charge is 0.325 e. The zero-order valence-corrected chi connectivity index (χ0v) is 12.0. The van der Waals surface area contributed by atoms with Crippen LogP contribution in [-0.4, -0.2) is 29.1 Å². The van der Waals surface area contributed by atoms with Gasteiger partial charge in [-0.3, -0.25) is 9.69 Å². The van der Waals surface area contributed by atoms with Gasteiger partial charge in [0, 0.05) is 18.0 Å². The Hall–Kier alpha value is -1.65. The summed E-state index contributed by atoms with van der Waals surface area (Å²) in [7, 11) is 0. The monoisotopic (exact) mass is 287 g/mol. The molecule has 1 atom stereocenters. The van der Waals surface area contributed by atoms with Crippen LogP contribution in [0.1, 0.15) is 22.0 Å². The number of benzene rings is 1. The summed E-state index contributed by atoms with van der Waals surface area (Å²) < 4.78 is 0. The quantitative estimate of drug-likeness (QED) is 0.940. The highest BCUT2D eigenvalue weighted by Crippen LogP contribution is 2.33. The molecule has 0 saturated heterocycles. The molecule has 2 heterocycles. The Morgan fingerprint density at radius 2 is 2.10 bits per heavy atom. The SMILES string of the molecule is O=C(O)C1c2ccsc2CCN1CCc1ccccc1. The average Bonchev–Trinajstić information content (AvgIpc) is 2.93. The number of nitrogens with zero attached hydrogens (tertiary/aromatic N) is 1. The van der Waals surface area contributed by atoms with Gasteiger partial charge in [-0.1, -0.05) is 30.3 Å². The number of carboxylic acid groups (broad SMARTS) is 1. The van der Waals surface area contributed by atoms with Crippen LogP contribution in [0.2, 0.25) is 0 Å². The summed E-state index contributed by atoms with van der Waals surface area (Å²) >= 11 is 1.67. The van der Waals surface area contributed by atoms with E-state index in [2.05, 4.69) is 17.0 Å². The molecule has 3 nitrogen and oxygen atoms in total. The van der Waals surface area contributed by atoms with Crippen molar-refractivity contribution in [1.29, 1.82) is 0 Å². The Balaban J connectivity index is 1.75. The average molecular weight is 287 g/mol. The molecule has 2 aromatic rings. The highest BCUT2D eigenvalue weighted by molar-refractivity contribution is 7.10.